The zero-order valence-corrected chi connectivity index (χ0v) is 27.1. The molecule has 42 heavy (non-hydrogen) atoms. The molecular formula is C32H33IN2O6S. The number of carbonyl (C=O) groups is 3. The van der Waals surface area contributed by atoms with Crippen LogP contribution in [0.3, 0.4) is 0 Å². The van der Waals surface area contributed by atoms with Crippen LogP contribution in [0.25, 0.3) is 6.08 Å². The summed E-state index contributed by atoms with van der Waals surface area (Å²) in [6.45, 7) is 8.27. The summed E-state index contributed by atoms with van der Waals surface area (Å²) in [7, 11) is 1.50. The lowest BCUT2D eigenvalue weighted by Gasteiger charge is -2.17. The van der Waals surface area contributed by atoms with E-state index in [0.717, 1.165) is 34.2 Å². The van der Waals surface area contributed by atoms with Crippen LogP contribution in [0.4, 0.5) is 10.5 Å². The fourth-order valence-corrected chi connectivity index (χ4v) is 6.00. The Morgan fingerprint density at radius 1 is 1.02 bits per heavy atom. The highest BCUT2D eigenvalue weighted by molar-refractivity contribution is 14.1. The first-order valence-corrected chi connectivity index (χ1v) is 15.3. The van der Waals surface area contributed by atoms with E-state index in [2.05, 4.69) is 41.8 Å². The predicted octanol–water partition coefficient (Wildman–Crippen LogP) is 7.17. The Bertz CT molecular complexity index is 1540. The Morgan fingerprint density at radius 3 is 2.50 bits per heavy atom. The van der Waals surface area contributed by atoms with E-state index >= 15 is 0 Å². The monoisotopic (exact) mass is 700 g/mol. The van der Waals surface area contributed by atoms with Gasteiger partial charge in [-0.25, -0.2) is 0 Å². The van der Waals surface area contributed by atoms with Gasteiger partial charge in [0.1, 0.15) is 12.4 Å². The molecule has 8 nitrogen and oxygen atoms in total. The Kier molecular flexibility index (Phi) is 10.6. The topological polar surface area (TPSA) is 94.2 Å². The first-order chi connectivity index (χ1) is 20.0. The maximum absolute atomic E-state index is 13.1. The van der Waals surface area contributed by atoms with Gasteiger partial charge in [0.25, 0.3) is 17.1 Å². The first kappa shape index (κ1) is 31.4. The Morgan fingerprint density at radius 2 is 1.79 bits per heavy atom. The number of imide groups is 1. The van der Waals surface area contributed by atoms with Crippen LogP contribution in [0.1, 0.15) is 42.0 Å². The van der Waals surface area contributed by atoms with E-state index in [4.69, 9.17) is 14.2 Å². The number of thioether (sulfide) groups is 1. The number of nitrogens with one attached hydrogen (secondary N) is 1. The van der Waals surface area contributed by atoms with Crippen LogP contribution in [0.15, 0.2) is 59.5 Å². The number of halogens is 1. The van der Waals surface area contributed by atoms with Gasteiger partial charge >= 0.3 is 0 Å². The van der Waals surface area contributed by atoms with Crippen molar-refractivity contribution in [1.29, 1.82) is 0 Å². The highest BCUT2D eigenvalue weighted by Gasteiger charge is 2.35. The van der Waals surface area contributed by atoms with Crippen LogP contribution in [0.5, 0.6) is 17.2 Å². The van der Waals surface area contributed by atoms with Gasteiger partial charge in [-0.3, -0.25) is 19.3 Å². The Labute approximate surface area is 263 Å². The highest BCUT2D eigenvalue weighted by atomic mass is 127. The van der Waals surface area contributed by atoms with Gasteiger partial charge in [-0.1, -0.05) is 38.1 Å². The van der Waals surface area contributed by atoms with Gasteiger partial charge < -0.3 is 19.5 Å². The van der Waals surface area contributed by atoms with Gasteiger partial charge in [0.05, 0.1) is 22.1 Å². The smallest absolute Gasteiger partial charge is 0.293 e. The molecule has 3 amide bonds. The molecule has 0 bridgehead atoms. The molecule has 4 rings (SSSR count). The molecule has 0 unspecified atom stereocenters. The second-order valence-corrected chi connectivity index (χ2v) is 12.3. The van der Waals surface area contributed by atoms with Crippen LogP contribution in [-0.4, -0.2) is 48.8 Å². The van der Waals surface area contributed by atoms with E-state index in [1.54, 1.807) is 18.2 Å². The standard InChI is InChI=1S/C32H33IN2O6S/c1-19(2)24-10-9-21(4)14-26(24)40-12-11-35-31(37)28(42-32(35)38)17-22-15-25(33)30(27(16-22)39-5)41-18-29(36)34-23-8-6-7-20(3)13-23/h6-10,13-17,19H,11-12,18H2,1-5H3,(H,34,36)/b28-17-. The van der Waals surface area contributed by atoms with Crippen molar-refractivity contribution in [2.24, 2.45) is 0 Å². The SMILES string of the molecule is COc1cc(/C=C2\SC(=O)N(CCOc3cc(C)ccc3C(C)C)C2=O)cc(I)c1OCC(=O)Nc1cccc(C)c1. The molecule has 1 fully saturated rings. The molecule has 220 valence electrons. The van der Waals surface area contributed by atoms with Gasteiger partial charge in [-0.2, -0.15) is 0 Å². The van der Waals surface area contributed by atoms with Crippen LogP contribution >= 0.6 is 34.4 Å². The molecule has 10 heteroatoms. The average molecular weight is 701 g/mol. The molecule has 1 saturated heterocycles. The van der Waals surface area contributed by atoms with E-state index in [9.17, 15) is 14.4 Å². The van der Waals surface area contributed by atoms with Gasteiger partial charge in [-0.05, 0) is 113 Å². The summed E-state index contributed by atoms with van der Waals surface area (Å²) in [5, 5.41) is 2.47. The van der Waals surface area contributed by atoms with Crippen molar-refractivity contribution in [3.63, 3.8) is 0 Å². The minimum absolute atomic E-state index is 0.145. The third-order valence-corrected chi connectivity index (χ3v) is 8.14. The Balaban J connectivity index is 1.40. The summed E-state index contributed by atoms with van der Waals surface area (Å²) in [6, 6.07) is 17.1. The van der Waals surface area contributed by atoms with Gasteiger partial charge in [0.15, 0.2) is 18.1 Å². The lowest BCUT2D eigenvalue weighted by molar-refractivity contribution is -0.123. The van der Waals surface area contributed by atoms with Crippen LogP contribution in [-0.2, 0) is 9.59 Å². The van der Waals surface area contributed by atoms with E-state index < -0.39 is 0 Å². The summed E-state index contributed by atoms with van der Waals surface area (Å²) < 4.78 is 18.0. The maximum Gasteiger partial charge on any atom is 0.293 e. The van der Waals surface area contributed by atoms with Crippen molar-refractivity contribution in [3.05, 3.63) is 85.3 Å². The minimum atomic E-state index is -0.371. The fraction of sp³-hybridized carbons (Fsp3) is 0.281. The normalized spacial score (nSPS) is 14.1. The summed E-state index contributed by atoms with van der Waals surface area (Å²) in [6.07, 6.45) is 1.65. The van der Waals surface area contributed by atoms with Crippen molar-refractivity contribution < 1.29 is 28.6 Å². The summed E-state index contributed by atoms with van der Waals surface area (Å²) >= 11 is 2.98. The quantitative estimate of drug-likeness (QED) is 0.168. The van der Waals surface area contributed by atoms with Crippen molar-refractivity contribution in [1.82, 2.24) is 4.90 Å². The van der Waals surface area contributed by atoms with Crippen molar-refractivity contribution >= 4 is 63.2 Å². The van der Waals surface area contributed by atoms with Crippen molar-refractivity contribution in [3.8, 4) is 17.2 Å². The second-order valence-electron chi connectivity index (χ2n) is 10.1. The summed E-state index contributed by atoms with van der Waals surface area (Å²) in [5.74, 6) is 1.20. The number of amides is 3. The number of hydrogen-bond donors (Lipinski definition) is 1. The molecule has 0 spiro atoms. The molecule has 1 heterocycles. The number of ether oxygens (including phenoxy) is 3. The minimum Gasteiger partial charge on any atom is -0.493 e. The van der Waals surface area contributed by atoms with Crippen LogP contribution in [0.2, 0.25) is 0 Å². The molecule has 0 saturated carbocycles. The van der Waals surface area contributed by atoms with E-state index in [0.29, 0.717) is 31.2 Å². The zero-order chi connectivity index (χ0) is 30.4. The van der Waals surface area contributed by atoms with Crippen LogP contribution < -0.4 is 19.5 Å². The van der Waals surface area contributed by atoms with Crippen molar-refractivity contribution in [2.75, 3.05) is 32.2 Å². The Hall–Kier alpha value is -3.51. The number of anilines is 1. The molecule has 0 radical (unpaired) electrons. The largest absolute Gasteiger partial charge is 0.493 e. The zero-order valence-electron chi connectivity index (χ0n) is 24.2. The number of nitrogens with zero attached hydrogens (tertiary/aromatic N) is 1. The molecule has 3 aromatic carbocycles. The molecule has 3 aromatic rings. The summed E-state index contributed by atoms with van der Waals surface area (Å²) in [5.41, 5.74) is 4.55. The average Bonchev–Trinajstić information content (AvgIpc) is 3.19. The molecule has 0 aromatic heterocycles. The number of methoxy groups -OCH3 is 1. The van der Waals surface area contributed by atoms with E-state index in [1.165, 1.54) is 12.0 Å². The molecular weight excluding hydrogens is 667 g/mol. The lowest BCUT2D eigenvalue weighted by atomic mass is 10.0. The van der Waals surface area contributed by atoms with Gasteiger partial charge in [0.2, 0.25) is 0 Å². The number of benzene rings is 3. The summed E-state index contributed by atoms with van der Waals surface area (Å²) in [4.78, 5) is 39.7. The maximum atomic E-state index is 13.1. The van der Waals surface area contributed by atoms with E-state index in [1.807, 2.05) is 56.3 Å². The third-order valence-electron chi connectivity index (χ3n) is 6.44. The first-order valence-electron chi connectivity index (χ1n) is 13.4. The fourth-order valence-electron chi connectivity index (χ4n) is 4.36. The van der Waals surface area contributed by atoms with Crippen molar-refractivity contribution in [2.45, 2.75) is 33.6 Å². The number of rotatable bonds is 11. The number of hydrogen-bond acceptors (Lipinski definition) is 7. The van der Waals surface area contributed by atoms with E-state index in [-0.39, 0.29) is 42.7 Å². The molecule has 1 aliphatic heterocycles. The third kappa shape index (κ3) is 7.86. The second kappa shape index (κ2) is 14.1. The number of aryl methyl sites for hydroxylation is 2. The molecule has 1 aliphatic rings. The van der Waals surface area contributed by atoms with Crippen LogP contribution in [0, 0.1) is 17.4 Å². The van der Waals surface area contributed by atoms with Gasteiger partial charge in [0, 0.05) is 5.69 Å². The number of carbonyl (C=O) groups excluding carboxylic acids is 3. The molecule has 0 atom stereocenters. The highest BCUT2D eigenvalue weighted by Crippen LogP contribution is 2.37. The molecule has 0 aliphatic carbocycles. The predicted molar refractivity (Wildman–Crippen MR) is 174 cm³/mol. The lowest BCUT2D eigenvalue weighted by Crippen LogP contribution is -2.32. The molecule has 1 N–H and O–H groups in total. The van der Waals surface area contributed by atoms with Gasteiger partial charge in [-0.15, -0.1) is 0 Å².